The van der Waals surface area contributed by atoms with E-state index >= 15 is 0 Å². The second-order valence-corrected chi connectivity index (χ2v) is 5.13. The molecule has 2 rings (SSSR count). The van der Waals surface area contributed by atoms with Gasteiger partial charge in [0.1, 0.15) is 6.54 Å². The van der Waals surface area contributed by atoms with Crippen LogP contribution in [0.3, 0.4) is 0 Å². The summed E-state index contributed by atoms with van der Waals surface area (Å²) < 4.78 is 0. The number of hydrogen-bond acceptors (Lipinski definition) is 1. The van der Waals surface area contributed by atoms with Crippen molar-refractivity contribution in [2.75, 3.05) is 13.6 Å². The van der Waals surface area contributed by atoms with Crippen molar-refractivity contribution in [1.82, 2.24) is 4.98 Å². The Morgan fingerprint density at radius 1 is 1.00 bits per heavy atom. The van der Waals surface area contributed by atoms with Gasteiger partial charge in [-0.2, -0.15) is 0 Å². The van der Waals surface area contributed by atoms with Crippen molar-refractivity contribution < 1.29 is 4.90 Å². The standard InChI is InChI=1S/C17H22N2/c1-3-15-7-9-16(10-8-15)14-19(2)13-11-17-6-4-5-12-18-17/h4-10,12H,3,11,13-14H2,1-2H3/p+1. The molecule has 0 amide bonds. The van der Waals surface area contributed by atoms with E-state index in [0.717, 1.165) is 25.9 Å². The third-order valence-electron chi connectivity index (χ3n) is 3.47. The number of aromatic nitrogens is 1. The molecule has 0 bridgehead atoms. The normalized spacial score (nSPS) is 12.3. The Morgan fingerprint density at radius 3 is 2.37 bits per heavy atom. The molecule has 0 aliphatic rings. The number of pyridine rings is 1. The minimum atomic E-state index is 1.04. The van der Waals surface area contributed by atoms with Gasteiger partial charge >= 0.3 is 0 Å². The smallest absolute Gasteiger partial charge is 0.103 e. The van der Waals surface area contributed by atoms with Crippen LogP contribution in [0.4, 0.5) is 0 Å². The van der Waals surface area contributed by atoms with E-state index in [4.69, 9.17) is 0 Å². The summed E-state index contributed by atoms with van der Waals surface area (Å²) in [7, 11) is 2.25. The highest BCUT2D eigenvalue weighted by Crippen LogP contribution is 2.03. The van der Waals surface area contributed by atoms with Crippen LogP contribution < -0.4 is 4.90 Å². The lowest BCUT2D eigenvalue weighted by Crippen LogP contribution is -3.07. The average molecular weight is 255 g/mol. The molecule has 0 saturated carbocycles. The Balaban J connectivity index is 1.82. The maximum atomic E-state index is 4.37. The lowest BCUT2D eigenvalue weighted by atomic mass is 10.1. The van der Waals surface area contributed by atoms with Crippen molar-refractivity contribution in [2.45, 2.75) is 26.3 Å². The summed E-state index contributed by atoms with van der Waals surface area (Å²) in [6.07, 6.45) is 4.02. The number of nitrogens with one attached hydrogen (secondary N) is 1. The lowest BCUT2D eigenvalue weighted by molar-refractivity contribution is -0.893. The molecular weight excluding hydrogens is 232 g/mol. The van der Waals surface area contributed by atoms with Crippen molar-refractivity contribution in [1.29, 1.82) is 0 Å². The summed E-state index contributed by atoms with van der Waals surface area (Å²) in [4.78, 5) is 5.89. The Labute approximate surface area is 116 Å². The molecule has 1 atom stereocenters. The average Bonchev–Trinajstić information content (AvgIpc) is 2.47. The van der Waals surface area contributed by atoms with Crippen LogP contribution in [0.1, 0.15) is 23.7 Å². The van der Waals surface area contributed by atoms with Gasteiger partial charge in [0.05, 0.1) is 13.6 Å². The van der Waals surface area contributed by atoms with Gasteiger partial charge in [-0.25, -0.2) is 0 Å². The van der Waals surface area contributed by atoms with Gasteiger partial charge in [-0.15, -0.1) is 0 Å². The number of benzene rings is 1. The predicted molar refractivity (Wildman–Crippen MR) is 79.2 cm³/mol. The third-order valence-corrected chi connectivity index (χ3v) is 3.47. The summed E-state index contributed by atoms with van der Waals surface area (Å²) in [5, 5.41) is 0. The lowest BCUT2D eigenvalue weighted by Gasteiger charge is -2.14. The first kappa shape index (κ1) is 13.8. The molecule has 0 spiro atoms. The Hall–Kier alpha value is -1.67. The number of rotatable bonds is 6. The van der Waals surface area contributed by atoms with Gasteiger partial charge in [-0.1, -0.05) is 37.3 Å². The SMILES string of the molecule is CCc1ccc(C[NH+](C)CCc2ccccn2)cc1. The van der Waals surface area contributed by atoms with E-state index in [1.807, 2.05) is 12.3 Å². The summed E-state index contributed by atoms with van der Waals surface area (Å²) in [6.45, 7) is 4.39. The maximum Gasteiger partial charge on any atom is 0.103 e. The van der Waals surface area contributed by atoms with E-state index in [1.165, 1.54) is 21.7 Å². The molecule has 100 valence electrons. The highest BCUT2D eigenvalue weighted by molar-refractivity contribution is 5.21. The Kier molecular flexibility index (Phi) is 5.10. The predicted octanol–water partition coefficient (Wildman–Crippen LogP) is 1.90. The van der Waals surface area contributed by atoms with Crippen LogP contribution in [0.25, 0.3) is 0 Å². The molecule has 1 unspecified atom stereocenters. The first-order chi connectivity index (χ1) is 9.28. The van der Waals surface area contributed by atoms with E-state index in [1.54, 1.807) is 0 Å². The largest absolute Gasteiger partial charge is 0.333 e. The Bertz CT molecular complexity index is 476. The number of quaternary nitrogens is 1. The highest BCUT2D eigenvalue weighted by atomic mass is 15.1. The second kappa shape index (κ2) is 7.05. The monoisotopic (exact) mass is 255 g/mol. The third kappa shape index (κ3) is 4.49. The van der Waals surface area contributed by atoms with Gasteiger partial charge in [-0.05, 0) is 24.1 Å². The summed E-state index contributed by atoms with van der Waals surface area (Å²) >= 11 is 0. The van der Waals surface area contributed by atoms with Gasteiger partial charge in [0, 0.05) is 23.9 Å². The maximum absolute atomic E-state index is 4.37. The fraction of sp³-hybridized carbons (Fsp3) is 0.353. The number of nitrogens with zero attached hydrogens (tertiary/aromatic N) is 1. The summed E-state index contributed by atoms with van der Waals surface area (Å²) in [5.41, 5.74) is 4.01. The molecule has 2 heteroatoms. The fourth-order valence-corrected chi connectivity index (χ4v) is 2.22. The minimum Gasteiger partial charge on any atom is -0.333 e. The highest BCUT2D eigenvalue weighted by Gasteiger charge is 2.04. The van der Waals surface area contributed by atoms with Crippen LogP contribution in [-0.2, 0) is 19.4 Å². The fourth-order valence-electron chi connectivity index (χ4n) is 2.22. The van der Waals surface area contributed by atoms with Crippen molar-refractivity contribution in [2.24, 2.45) is 0 Å². The van der Waals surface area contributed by atoms with Crippen molar-refractivity contribution in [3.63, 3.8) is 0 Å². The molecule has 1 aromatic heterocycles. The number of hydrogen-bond donors (Lipinski definition) is 1. The molecule has 0 aliphatic carbocycles. The van der Waals surface area contributed by atoms with Crippen LogP contribution in [0.2, 0.25) is 0 Å². The molecule has 19 heavy (non-hydrogen) atoms. The van der Waals surface area contributed by atoms with Gasteiger partial charge in [0.25, 0.3) is 0 Å². The van der Waals surface area contributed by atoms with E-state index in [-0.39, 0.29) is 0 Å². The van der Waals surface area contributed by atoms with Gasteiger partial charge < -0.3 is 4.90 Å². The van der Waals surface area contributed by atoms with E-state index in [2.05, 4.69) is 55.4 Å². The van der Waals surface area contributed by atoms with Gasteiger partial charge in [0.2, 0.25) is 0 Å². The molecule has 2 nitrogen and oxygen atoms in total. The van der Waals surface area contributed by atoms with Gasteiger partial charge in [0.15, 0.2) is 0 Å². The van der Waals surface area contributed by atoms with Crippen LogP contribution in [0, 0.1) is 0 Å². The topological polar surface area (TPSA) is 17.3 Å². The van der Waals surface area contributed by atoms with Crippen molar-refractivity contribution >= 4 is 0 Å². The van der Waals surface area contributed by atoms with E-state index < -0.39 is 0 Å². The molecule has 1 heterocycles. The number of likely N-dealkylation sites (N-methyl/N-ethyl adjacent to an activating group) is 1. The van der Waals surface area contributed by atoms with Crippen LogP contribution in [0.5, 0.6) is 0 Å². The van der Waals surface area contributed by atoms with Crippen LogP contribution >= 0.6 is 0 Å². The molecule has 2 aromatic rings. The second-order valence-electron chi connectivity index (χ2n) is 5.13. The first-order valence-electron chi connectivity index (χ1n) is 7.07. The quantitative estimate of drug-likeness (QED) is 0.834. The molecule has 0 saturated heterocycles. The zero-order chi connectivity index (χ0) is 13.5. The first-order valence-corrected chi connectivity index (χ1v) is 7.07. The molecule has 0 fully saturated rings. The minimum absolute atomic E-state index is 1.04. The van der Waals surface area contributed by atoms with Crippen LogP contribution in [0.15, 0.2) is 48.7 Å². The van der Waals surface area contributed by atoms with Crippen molar-refractivity contribution in [3.05, 3.63) is 65.5 Å². The molecule has 0 aliphatic heterocycles. The summed E-state index contributed by atoms with van der Waals surface area (Å²) in [6, 6.07) is 15.1. The zero-order valence-corrected chi connectivity index (χ0v) is 11.9. The molecule has 0 radical (unpaired) electrons. The van der Waals surface area contributed by atoms with E-state index in [9.17, 15) is 0 Å². The molecule has 1 N–H and O–H groups in total. The molecular formula is C17H23N2+. The van der Waals surface area contributed by atoms with Gasteiger partial charge in [-0.3, -0.25) is 4.98 Å². The van der Waals surface area contributed by atoms with Crippen molar-refractivity contribution in [3.8, 4) is 0 Å². The zero-order valence-electron chi connectivity index (χ0n) is 11.9. The Morgan fingerprint density at radius 2 is 1.74 bits per heavy atom. The van der Waals surface area contributed by atoms with Crippen LogP contribution in [-0.4, -0.2) is 18.6 Å². The number of aryl methyl sites for hydroxylation is 1. The van der Waals surface area contributed by atoms with E-state index in [0.29, 0.717) is 0 Å². The molecule has 1 aromatic carbocycles. The summed E-state index contributed by atoms with van der Waals surface area (Å²) in [5.74, 6) is 0.